The third kappa shape index (κ3) is 4.39. The van der Waals surface area contributed by atoms with Gasteiger partial charge in [0.15, 0.2) is 0 Å². The van der Waals surface area contributed by atoms with Gasteiger partial charge in [0.1, 0.15) is 17.2 Å². The number of halogens is 3. The molecule has 1 N–H and O–H groups in total. The van der Waals surface area contributed by atoms with Crippen molar-refractivity contribution in [3.8, 4) is 0 Å². The average molecular weight is 404 g/mol. The van der Waals surface area contributed by atoms with E-state index in [1.165, 1.54) is 4.90 Å². The molecule has 0 atom stereocenters. The second-order valence-electron chi connectivity index (χ2n) is 6.66. The maximum absolute atomic E-state index is 13.8. The van der Waals surface area contributed by atoms with Crippen LogP contribution in [-0.2, 0) is 9.53 Å². The molecule has 0 radical (unpaired) electrons. The number of nitrogens with one attached hydrogen (secondary N) is 1. The Morgan fingerprint density at radius 1 is 1.07 bits per heavy atom. The van der Waals surface area contributed by atoms with Crippen molar-refractivity contribution in [2.75, 3.05) is 46.4 Å². The summed E-state index contributed by atoms with van der Waals surface area (Å²) in [5.41, 5.74) is -0.960. The van der Waals surface area contributed by atoms with Crippen LogP contribution in [-0.4, -0.2) is 73.6 Å². The summed E-state index contributed by atoms with van der Waals surface area (Å²) in [6.07, 6.45) is 1.23. The van der Waals surface area contributed by atoms with E-state index in [1.54, 1.807) is 12.0 Å². The Hall–Kier alpha value is -1.77. The molecule has 0 aliphatic carbocycles. The van der Waals surface area contributed by atoms with Crippen LogP contribution >= 0.6 is 12.4 Å². The van der Waals surface area contributed by atoms with Crippen LogP contribution in [0.1, 0.15) is 23.2 Å². The van der Waals surface area contributed by atoms with E-state index in [0.29, 0.717) is 45.1 Å². The predicted octanol–water partition coefficient (Wildman–Crippen LogP) is 1.44. The summed E-state index contributed by atoms with van der Waals surface area (Å²) in [7, 11) is 1.56. The van der Waals surface area contributed by atoms with E-state index in [0.717, 1.165) is 25.2 Å². The van der Waals surface area contributed by atoms with Crippen LogP contribution in [0.25, 0.3) is 0 Å². The van der Waals surface area contributed by atoms with Crippen molar-refractivity contribution in [2.45, 2.75) is 18.4 Å². The van der Waals surface area contributed by atoms with E-state index in [4.69, 9.17) is 4.74 Å². The van der Waals surface area contributed by atoms with E-state index in [1.807, 2.05) is 0 Å². The molecule has 0 aromatic heterocycles. The fourth-order valence-corrected chi connectivity index (χ4v) is 3.57. The molecular weight excluding hydrogens is 380 g/mol. The molecule has 1 aromatic carbocycles. The number of rotatable bonds is 3. The van der Waals surface area contributed by atoms with Gasteiger partial charge in [0.25, 0.3) is 11.8 Å². The van der Waals surface area contributed by atoms with Gasteiger partial charge in [-0.2, -0.15) is 0 Å². The molecule has 2 heterocycles. The summed E-state index contributed by atoms with van der Waals surface area (Å²) in [5.74, 6) is -2.14. The van der Waals surface area contributed by atoms with Crippen LogP contribution in [0.5, 0.6) is 0 Å². The number of methoxy groups -OCH3 is 1. The Kier molecular flexibility index (Phi) is 7.13. The highest BCUT2D eigenvalue weighted by molar-refractivity contribution is 5.94. The van der Waals surface area contributed by atoms with Crippen LogP contribution in [0.3, 0.4) is 0 Å². The van der Waals surface area contributed by atoms with E-state index in [9.17, 15) is 18.4 Å². The number of amides is 2. The molecule has 0 spiro atoms. The highest BCUT2D eigenvalue weighted by Gasteiger charge is 2.43. The molecule has 0 unspecified atom stereocenters. The Morgan fingerprint density at radius 3 is 2.22 bits per heavy atom. The van der Waals surface area contributed by atoms with E-state index >= 15 is 0 Å². The molecule has 150 valence electrons. The van der Waals surface area contributed by atoms with Crippen molar-refractivity contribution >= 4 is 24.2 Å². The number of ether oxygens (including phenoxy) is 1. The van der Waals surface area contributed by atoms with Gasteiger partial charge in [0.05, 0.1) is 5.56 Å². The van der Waals surface area contributed by atoms with Crippen molar-refractivity contribution in [3.05, 3.63) is 35.4 Å². The first-order chi connectivity index (χ1) is 12.5. The minimum Gasteiger partial charge on any atom is -0.368 e. The minimum absolute atomic E-state index is 0. The fraction of sp³-hybridized carbons (Fsp3) is 0.556. The Labute approximate surface area is 163 Å². The molecule has 9 heteroatoms. The number of hydrogen-bond donors (Lipinski definition) is 1. The van der Waals surface area contributed by atoms with Crippen molar-refractivity contribution < 1.29 is 23.1 Å². The monoisotopic (exact) mass is 403 g/mol. The highest BCUT2D eigenvalue weighted by atomic mass is 35.5. The third-order valence-electron chi connectivity index (χ3n) is 5.21. The first kappa shape index (κ1) is 21.5. The van der Waals surface area contributed by atoms with Gasteiger partial charge in [-0.3, -0.25) is 9.59 Å². The van der Waals surface area contributed by atoms with Crippen LogP contribution in [0.2, 0.25) is 0 Å². The van der Waals surface area contributed by atoms with Crippen molar-refractivity contribution in [1.29, 1.82) is 0 Å². The second kappa shape index (κ2) is 8.95. The number of carbonyl (C=O) groups excluding carboxylic acids is 2. The van der Waals surface area contributed by atoms with Gasteiger partial charge in [-0.25, -0.2) is 8.78 Å². The van der Waals surface area contributed by atoms with Crippen molar-refractivity contribution in [3.63, 3.8) is 0 Å². The molecule has 2 amide bonds. The zero-order chi connectivity index (χ0) is 18.7. The standard InChI is InChI=1S/C18H23F2N3O3.ClH/c1-26-18(4-6-21-7-5-18)17(25)23-10-8-22(9-11-23)16(24)14-3-2-13(19)12-15(14)20;/h2-3,12,21H,4-11H2,1H3;1H. The molecule has 1 aromatic rings. The Morgan fingerprint density at radius 2 is 1.67 bits per heavy atom. The third-order valence-corrected chi connectivity index (χ3v) is 5.21. The largest absolute Gasteiger partial charge is 0.368 e. The molecule has 6 nitrogen and oxygen atoms in total. The number of piperazine rings is 1. The maximum atomic E-state index is 13.8. The van der Waals surface area contributed by atoms with Crippen molar-refractivity contribution in [1.82, 2.24) is 15.1 Å². The zero-order valence-electron chi connectivity index (χ0n) is 15.2. The smallest absolute Gasteiger partial charge is 0.256 e. The summed E-state index contributed by atoms with van der Waals surface area (Å²) in [5, 5.41) is 3.22. The summed E-state index contributed by atoms with van der Waals surface area (Å²) < 4.78 is 32.4. The first-order valence-electron chi connectivity index (χ1n) is 8.76. The Bertz CT molecular complexity index is 690. The van der Waals surface area contributed by atoms with Gasteiger partial charge in [0.2, 0.25) is 0 Å². The van der Waals surface area contributed by atoms with E-state index < -0.39 is 23.1 Å². The first-order valence-corrected chi connectivity index (χ1v) is 8.76. The Balaban J connectivity index is 0.00000261. The fourth-order valence-electron chi connectivity index (χ4n) is 3.57. The second-order valence-corrected chi connectivity index (χ2v) is 6.66. The van der Waals surface area contributed by atoms with Gasteiger partial charge in [0, 0.05) is 39.4 Å². The lowest BCUT2D eigenvalue weighted by Crippen LogP contribution is -2.59. The highest BCUT2D eigenvalue weighted by Crippen LogP contribution is 2.26. The average Bonchev–Trinajstić information content (AvgIpc) is 2.67. The summed E-state index contributed by atoms with van der Waals surface area (Å²) >= 11 is 0. The van der Waals surface area contributed by atoms with Crippen LogP contribution in [0.15, 0.2) is 18.2 Å². The van der Waals surface area contributed by atoms with Crippen LogP contribution in [0.4, 0.5) is 8.78 Å². The maximum Gasteiger partial charge on any atom is 0.256 e. The number of carbonyl (C=O) groups is 2. The number of benzene rings is 1. The van der Waals surface area contributed by atoms with Gasteiger partial charge in [-0.05, 0) is 38.1 Å². The van der Waals surface area contributed by atoms with Gasteiger partial charge < -0.3 is 19.9 Å². The van der Waals surface area contributed by atoms with Gasteiger partial charge in [-0.1, -0.05) is 0 Å². The van der Waals surface area contributed by atoms with Crippen LogP contribution < -0.4 is 5.32 Å². The summed E-state index contributed by atoms with van der Waals surface area (Å²) in [4.78, 5) is 28.6. The van der Waals surface area contributed by atoms with Crippen molar-refractivity contribution in [2.24, 2.45) is 0 Å². The van der Waals surface area contributed by atoms with E-state index in [-0.39, 0.29) is 23.9 Å². The molecule has 2 fully saturated rings. The van der Waals surface area contributed by atoms with Gasteiger partial charge in [-0.15, -0.1) is 12.4 Å². The zero-order valence-corrected chi connectivity index (χ0v) is 16.0. The lowest BCUT2D eigenvalue weighted by atomic mass is 9.90. The number of hydrogen-bond acceptors (Lipinski definition) is 4. The molecule has 0 saturated carbocycles. The van der Waals surface area contributed by atoms with Gasteiger partial charge >= 0.3 is 0 Å². The molecule has 2 aliphatic rings. The molecule has 2 aliphatic heterocycles. The lowest BCUT2D eigenvalue weighted by molar-refractivity contribution is -0.159. The summed E-state index contributed by atoms with van der Waals surface area (Å²) in [6, 6.07) is 2.92. The molecule has 2 saturated heterocycles. The molecule has 27 heavy (non-hydrogen) atoms. The molecular formula is C18H24ClF2N3O3. The predicted molar refractivity (Wildman–Crippen MR) is 97.9 cm³/mol. The molecule has 3 rings (SSSR count). The minimum atomic E-state index is -0.874. The lowest BCUT2D eigenvalue weighted by Gasteiger charge is -2.42. The number of piperidine rings is 1. The van der Waals surface area contributed by atoms with Crippen LogP contribution in [0, 0.1) is 11.6 Å². The topological polar surface area (TPSA) is 61.9 Å². The normalized spacial score (nSPS) is 19.4. The summed E-state index contributed by atoms with van der Waals surface area (Å²) in [6.45, 7) is 2.79. The SMILES string of the molecule is COC1(C(=O)N2CCN(C(=O)c3ccc(F)cc3F)CC2)CCNCC1.Cl. The number of nitrogens with zero attached hydrogens (tertiary/aromatic N) is 2. The quantitative estimate of drug-likeness (QED) is 0.829. The molecule has 0 bridgehead atoms. The van der Waals surface area contributed by atoms with E-state index in [2.05, 4.69) is 5.32 Å².